The van der Waals surface area contributed by atoms with Gasteiger partial charge in [-0.25, -0.2) is 0 Å². The zero-order valence-corrected chi connectivity index (χ0v) is 15.8. The van der Waals surface area contributed by atoms with Crippen LogP contribution in [-0.2, 0) is 10.8 Å². The number of hydrogen-bond acceptors (Lipinski definition) is 0. The van der Waals surface area contributed by atoms with Crippen LogP contribution in [-0.4, -0.2) is 0 Å². The maximum Gasteiger partial charge on any atom is -0.0102 e. The van der Waals surface area contributed by atoms with Crippen molar-refractivity contribution in [3.63, 3.8) is 0 Å². The van der Waals surface area contributed by atoms with E-state index < -0.39 is 0 Å². The molecular weight excluding hydrogens is 288 g/mol. The molecule has 0 heterocycles. The lowest BCUT2D eigenvalue weighted by molar-refractivity contribution is 0.590. The molecule has 0 atom stereocenters. The SMILES string of the molecule is CC(C)(C)c1ccc(-c2cccc3c(C(C)(C)C)cccc23)cc1. The van der Waals surface area contributed by atoms with E-state index in [1.54, 1.807) is 0 Å². The summed E-state index contributed by atoms with van der Waals surface area (Å²) in [6, 6.07) is 22.4. The van der Waals surface area contributed by atoms with Gasteiger partial charge in [0.05, 0.1) is 0 Å². The average Bonchev–Trinajstić information content (AvgIpc) is 2.52. The van der Waals surface area contributed by atoms with Crippen molar-refractivity contribution in [2.45, 2.75) is 52.4 Å². The molecule has 3 rings (SSSR count). The van der Waals surface area contributed by atoms with Gasteiger partial charge in [-0.2, -0.15) is 0 Å². The number of rotatable bonds is 1. The minimum atomic E-state index is 0.147. The van der Waals surface area contributed by atoms with E-state index in [1.165, 1.54) is 33.0 Å². The first-order chi connectivity index (χ1) is 11.2. The van der Waals surface area contributed by atoms with Gasteiger partial charge in [-0.3, -0.25) is 0 Å². The van der Waals surface area contributed by atoms with E-state index in [9.17, 15) is 0 Å². The van der Waals surface area contributed by atoms with Gasteiger partial charge < -0.3 is 0 Å². The Hall–Kier alpha value is -2.08. The predicted octanol–water partition coefficient (Wildman–Crippen LogP) is 7.10. The molecule has 0 nitrogen and oxygen atoms in total. The third-order valence-electron chi connectivity index (χ3n) is 4.79. The molecule has 0 saturated heterocycles. The summed E-state index contributed by atoms with van der Waals surface area (Å²) in [5.74, 6) is 0. The van der Waals surface area contributed by atoms with Crippen molar-refractivity contribution in [3.05, 3.63) is 71.8 Å². The molecule has 0 aliphatic heterocycles. The summed E-state index contributed by atoms with van der Waals surface area (Å²) in [5.41, 5.74) is 5.74. The molecule has 24 heavy (non-hydrogen) atoms. The molecule has 0 bridgehead atoms. The number of hydrogen-bond donors (Lipinski definition) is 0. The quantitative estimate of drug-likeness (QED) is 0.449. The van der Waals surface area contributed by atoms with Crippen LogP contribution >= 0.6 is 0 Å². The smallest absolute Gasteiger partial charge is 0.0102 e. The van der Waals surface area contributed by atoms with Crippen molar-refractivity contribution in [2.24, 2.45) is 0 Å². The fraction of sp³-hybridized carbons (Fsp3) is 0.333. The normalized spacial score (nSPS) is 12.6. The van der Waals surface area contributed by atoms with E-state index in [-0.39, 0.29) is 10.8 Å². The highest BCUT2D eigenvalue weighted by molar-refractivity contribution is 5.98. The molecule has 0 amide bonds. The van der Waals surface area contributed by atoms with Gasteiger partial charge in [0.25, 0.3) is 0 Å². The Balaban J connectivity index is 2.17. The summed E-state index contributed by atoms with van der Waals surface area (Å²) >= 11 is 0. The second kappa shape index (κ2) is 5.77. The van der Waals surface area contributed by atoms with E-state index in [1.807, 2.05) is 0 Å². The Labute approximate surface area is 146 Å². The molecule has 0 radical (unpaired) electrons. The lowest BCUT2D eigenvalue weighted by atomic mass is 9.82. The van der Waals surface area contributed by atoms with Gasteiger partial charge in [0.15, 0.2) is 0 Å². The van der Waals surface area contributed by atoms with E-state index in [2.05, 4.69) is 102 Å². The first-order valence-electron chi connectivity index (χ1n) is 8.81. The van der Waals surface area contributed by atoms with Crippen LogP contribution in [0.5, 0.6) is 0 Å². The molecule has 0 fully saturated rings. The van der Waals surface area contributed by atoms with Gasteiger partial charge in [-0.15, -0.1) is 0 Å². The van der Waals surface area contributed by atoms with Crippen LogP contribution in [0.25, 0.3) is 21.9 Å². The van der Waals surface area contributed by atoms with Gasteiger partial charge in [0, 0.05) is 0 Å². The summed E-state index contributed by atoms with van der Waals surface area (Å²) < 4.78 is 0. The molecule has 0 aliphatic rings. The highest BCUT2D eigenvalue weighted by Gasteiger charge is 2.18. The lowest BCUT2D eigenvalue weighted by Crippen LogP contribution is -2.11. The first kappa shape index (κ1) is 16.8. The minimum Gasteiger partial charge on any atom is -0.0613 e. The molecular formula is C24H28. The summed E-state index contributed by atoms with van der Waals surface area (Å²) in [5, 5.41) is 2.70. The molecule has 3 aromatic carbocycles. The topological polar surface area (TPSA) is 0 Å². The zero-order valence-electron chi connectivity index (χ0n) is 15.8. The fourth-order valence-electron chi connectivity index (χ4n) is 3.37. The molecule has 0 N–H and O–H groups in total. The summed E-state index contributed by atoms with van der Waals surface area (Å²) in [7, 11) is 0. The summed E-state index contributed by atoms with van der Waals surface area (Å²) in [6.45, 7) is 13.6. The molecule has 0 aromatic heterocycles. The van der Waals surface area contributed by atoms with E-state index in [4.69, 9.17) is 0 Å². The predicted molar refractivity (Wildman–Crippen MR) is 107 cm³/mol. The fourth-order valence-corrected chi connectivity index (χ4v) is 3.37. The third kappa shape index (κ3) is 3.11. The molecule has 0 heteroatoms. The van der Waals surface area contributed by atoms with Gasteiger partial charge in [-0.1, -0.05) is 102 Å². The second-order valence-electron chi connectivity index (χ2n) is 8.78. The van der Waals surface area contributed by atoms with Gasteiger partial charge >= 0.3 is 0 Å². The monoisotopic (exact) mass is 316 g/mol. The number of benzene rings is 3. The van der Waals surface area contributed by atoms with Gasteiger partial charge in [-0.05, 0) is 43.9 Å². The Morgan fingerprint density at radius 3 is 1.71 bits per heavy atom. The Morgan fingerprint density at radius 1 is 0.542 bits per heavy atom. The van der Waals surface area contributed by atoms with Gasteiger partial charge in [0.1, 0.15) is 0 Å². The Bertz CT molecular complexity index is 853. The van der Waals surface area contributed by atoms with E-state index in [0.717, 1.165) is 0 Å². The maximum atomic E-state index is 2.28. The lowest BCUT2D eigenvalue weighted by Gasteiger charge is -2.22. The van der Waals surface area contributed by atoms with Crippen LogP contribution in [0.15, 0.2) is 60.7 Å². The molecule has 0 unspecified atom stereocenters. The number of fused-ring (bicyclic) bond motifs is 1. The molecule has 3 aromatic rings. The van der Waals surface area contributed by atoms with Crippen molar-refractivity contribution in [1.82, 2.24) is 0 Å². The summed E-state index contributed by atoms with van der Waals surface area (Å²) in [6.07, 6.45) is 0. The van der Waals surface area contributed by atoms with Crippen molar-refractivity contribution in [2.75, 3.05) is 0 Å². The van der Waals surface area contributed by atoms with Crippen molar-refractivity contribution in [1.29, 1.82) is 0 Å². The Kier molecular flexibility index (Phi) is 4.03. The zero-order chi connectivity index (χ0) is 17.5. The minimum absolute atomic E-state index is 0.147. The molecule has 0 saturated carbocycles. The van der Waals surface area contributed by atoms with E-state index >= 15 is 0 Å². The van der Waals surface area contributed by atoms with Crippen molar-refractivity contribution < 1.29 is 0 Å². The standard InChI is InChI=1S/C24H28/c1-23(2,3)18-15-13-17(14-16-18)19-9-7-11-21-20(19)10-8-12-22(21)24(4,5)6/h7-16H,1-6H3. The van der Waals surface area contributed by atoms with Crippen molar-refractivity contribution >= 4 is 10.8 Å². The van der Waals surface area contributed by atoms with Crippen LogP contribution in [0.2, 0.25) is 0 Å². The summed E-state index contributed by atoms with van der Waals surface area (Å²) in [4.78, 5) is 0. The Morgan fingerprint density at radius 2 is 1.12 bits per heavy atom. The second-order valence-corrected chi connectivity index (χ2v) is 8.78. The highest BCUT2D eigenvalue weighted by Crippen LogP contribution is 2.35. The maximum absolute atomic E-state index is 2.28. The molecule has 0 spiro atoms. The van der Waals surface area contributed by atoms with Crippen LogP contribution < -0.4 is 0 Å². The first-order valence-corrected chi connectivity index (χ1v) is 8.81. The van der Waals surface area contributed by atoms with Crippen LogP contribution in [0.3, 0.4) is 0 Å². The third-order valence-corrected chi connectivity index (χ3v) is 4.79. The molecule has 0 aliphatic carbocycles. The molecule has 124 valence electrons. The van der Waals surface area contributed by atoms with Crippen LogP contribution in [0, 0.1) is 0 Å². The highest BCUT2D eigenvalue weighted by atomic mass is 14.2. The largest absolute Gasteiger partial charge is 0.0613 e. The van der Waals surface area contributed by atoms with Crippen molar-refractivity contribution in [3.8, 4) is 11.1 Å². The average molecular weight is 316 g/mol. The van der Waals surface area contributed by atoms with Crippen LogP contribution in [0.1, 0.15) is 52.7 Å². The van der Waals surface area contributed by atoms with Gasteiger partial charge in [0.2, 0.25) is 0 Å². The van der Waals surface area contributed by atoms with Crippen LogP contribution in [0.4, 0.5) is 0 Å². The van der Waals surface area contributed by atoms with E-state index in [0.29, 0.717) is 0 Å².